The average Bonchev–Trinajstić information content (AvgIpc) is 2.28. The lowest BCUT2D eigenvalue weighted by Crippen LogP contribution is -2.48. The molecule has 0 saturated heterocycles. The molecule has 0 aliphatic heterocycles. The number of halogens is 2. The zero-order chi connectivity index (χ0) is 12.1. The van der Waals surface area contributed by atoms with Crippen LogP contribution in [0.25, 0.3) is 0 Å². The van der Waals surface area contributed by atoms with Crippen molar-refractivity contribution >= 4 is 48.1 Å². The van der Waals surface area contributed by atoms with Crippen LogP contribution in [0.5, 0.6) is 0 Å². The fourth-order valence-corrected chi connectivity index (χ4v) is 1.05. The Kier molecular flexibility index (Phi) is 12.0. The van der Waals surface area contributed by atoms with E-state index < -0.39 is 6.03 Å². The molecule has 0 spiro atoms. The number of anilines is 2. The molecule has 0 aromatic carbocycles. The summed E-state index contributed by atoms with van der Waals surface area (Å²) < 4.78 is 0. The molecule has 0 unspecified atom stereocenters. The van der Waals surface area contributed by atoms with Gasteiger partial charge in [-0.05, 0) is 0 Å². The summed E-state index contributed by atoms with van der Waals surface area (Å²) in [6, 6.07) is -0.813. The van der Waals surface area contributed by atoms with E-state index in [0.717, 1.165) is 0 Å². The lowest BCUT2D eigenvalue weighted by molar-refractivity contribution is -0.105. The molecule has 0 radical (unpaired) electrons. The molecule has 0 aliphatic rings. The largest absolute Gasteiger partial charge is 0.412 e. The number of urea groups is 1. The zero-order valence-corrected chi connectivity index (χ0v) is 10.8. The monoisotopic (exact) mass is 317 g/mol. The van der Waals surface area contributed by atoms with E-state index >= 15 is 0 Å². The van der Waals surface area contributed by atoms with Crippen LogP contribution in [-0.2, 0) is 4.79 Å². The zero-order valence-electron chi connectivity index (χ0n) is 9.25. The Balaban J connectivity index is -0.000000853. The predicted molar refractivity (Wildman–Crippen MR) is 70.6 cm³/mol. The summed E-state index contributed by atoms with van der Waals surface area (Å²) in [4.78, 5) is 28.6. The van der Waals surface area contributed by atoms with Gasteiger partial charge in [0.15, 0.2) is 16.8 Å². The fraction of sp³-hybridized carbons (Fsp3) is 0. The molecule has 0 aliphatic carbocycles. The Hall–Kier alpha value is -1.76. The van der Waals surface area contributed by atoms with Gasteiger partial charge in [-0.3, -0.25) is 10.2 Å². The molecular formula is C6H13Cl2N7O4. The van der Waals surface area contributed by atoms with Gasteiger partial charge in [-0.25, -0.2) is 31.5 Å². The van der Waals surface area contributed by atoms with E-state index in [0.29, 0.717) is 11.4 Å². The molecule has 0 bridgehead atoms. The minimum atomic E-state index is -0.813. The number of nitrogens with two attached hydrogens (primary N) is 2. The number of hydrogen-bond acceptors (Lipinski definition) is 6. The third-order valence-electron chi connectivity index (χ3n) is 1.49. The molecule has 0 fully saturated rings. The van der Waals surface area contributed by atoms with Crippen LogP contribution in [0, 0.1) is 0 Å². The van der Waals surface area contributed by atoms with Crippen molar-refractivity contribution in [3.05, 3.63) is 11.3 Å². The van der Waals surface area contributed by atoms with Crippen molar-refractivity contribution in [3.8, 4) is 0 Å². The number of hydrogen-bond donors (Lipinski definition) is 4. The number of hydrazine groups is 2. The topological polar surface area (TPSA) is 202 Å². The highest BCUT2D eigenvalue weighted by molar-refractivity contribution is 6.32. The number of amides is 3. The van der Waals surface area contributed by atoms with Crippen molar-refractivity contribution < 1.29 is 20.5 Å². The summed E-state index contributed by atoms with van der Waals surface area (Å²) in [5.41, 5.74) is 1.79. The van der Waals surface area contributed by atoms with E-state index in [1.165, 1.54) is 6.20 Å². The molecule has 110 valence electrons. The third kappa shape index (κ3) is 5.60. The SMILES string of the molecule is Cl.NNC(=O)N(N)c1ncc(NC=O)nc1Cl.O.O. The first-order chi connectivity index (χ1) is 7.60. The Bertz CT molecular complexity index is 421. The van der Waals surface area contributed by atoms with Crippen LogP contribution in [0.3, 0.4) is 0 Å². The van der Waals surface area contributed by atoms with Gasteiger partial charge in [0, 0.05) is 0 Å². The second kappa shape index (κ2) is 10.2. The highest BCUT2D eigenvalue weighted by Crippen LogP contribution is 2.20. The molecule has 3 amide bonds. The van der Waals surface area contributed by atoms with Crippen LogP contribution in [0.2, 0.25) is 5.15 Å². The van der Waals surface area contributed by atoms with Crippen molar-refractivity contribution in [3.63, 3.8) is 0 Å². The molecule has 19 heavy (non-hydrogen) atoms. The Morgan fingerprint density at radius 1 is 1.47 bits per heavy atom. The molecule has 1 aromatic rings. The van der Waals surface area contributed by atoms with E-state index in [2.05, 4.69) is 15.3 Å². The van der Waals surface area contributed by atoms with Gasteiger partial charge in [0.2, 0.25) is 6.41 Å². The number of carbonyl (C=O) groups is 2. The minimum Gasteiger partial charge on any atom is -0.412 e. The fourth-order valence-electron chi connectivity index (χ4n) is 0.817. The average molecular weight is 318 g/mol. The molecular weight excluding hydrogens is 305 g/mol. The van der Waals surface area contributed by atoms with Gasteiger partial charge in [0.05, 0.1) is 6.20 Å². The molecule has 0 atom stereocenters. The standard InChI is InChI=1S/C6H8ClN7O2.ClH.2H2O/c7-4-5(14(9)6(16)13-8)10-1-3(12-4)11-2-15;;;/h1-2H,8-9H2,(H,13,16)(H,11,12,15);1H;2*1H2. The second-order valence-electron chi connectivity index (χ2n) is 2.45. The Labute approximate surface area is 118 Å². The normalized spacial score (nSPS) is 7.95. The number of carbonyl (C=O) groups excluding carboxylic acids is 2. The first-order valence-electron chi connectivity index (χ1n) is 3.88. The molecule has 11 nitrogen and oxygen atoms in total. The Morgan fingerprint density at radius 2 is 2.05 bits per heavy atom. The van der Waals surface area contributed by atoms with Gasteiger partial charge in [0.25, 0.3) is 0 Å². The minimum absolute atomic E-state index is 0. The van der Waals surface area contributed by atoms with E-state index in [1.54, 1.807) is 5.43 Å². The summed E-state index contributed by atoms with van der Waals surface area (Å²) in [6.07, 6.45) is 1.59. The molecule has 1 heterocycles. The van der Waals surface area contributed by atoms with E-state index in [9.17, 15) is 9.59 Å². The maximum absolute atomic E-state index is 11.0. The van der Waals surface area contributed by atoms with Crippen molar-refractivity contribution in [1.29, 1.82) is 0 Å². The van der Waals surface area contributed by atoms with Gasteiger partial charge in [0.1, 0.15) is 0 Å². The molecule has 1 rings (SSSR count). The summed E-state index contributed by atoms with van der Waals surface area (Å²) in [5, 5.41) is 2.66. The number of nitrogens with one attached hydrogen (secondary N) is 2. The van der Waals surface area contributed by atoms with E-state index in [4.69, 9.17) is 23.3 Å². The second-order valence-corrected chi connectivity index (χ2v) is 2.81. The van der Waals surface area contributed by atoms with Gasteiger partial charge in [-0.2, -0.15) is 0 Å². The maximum atomic E-state index is 11.0. The van der Waals surface area contributed by atoms with Crippen LogP contribution in [0.1, 0.15) is 0 Å². The van der Waals surface area contributed by atoms with Gasteiger partial charge < -0.3 is 16.3 Å². The maximum Gasteiger partial charge on any atom is 0.351 e. The van der Waals surface area contributed by atoms with Crippen LogP contribution >= 0.6 is 24.0 Å². The van der Waals surface area contributed by atoms with Gasteiger partial charge in [-0.1, -0.05) is 11.6 Å². The van der Waals surface area contributed by atoms with Crippen molar-refractivity contribution in [2.75, 3.05) is 10.3 Å². The molecule has 13 heteroatoms. The van der Waals surface area contributed by atoms with Crippen LogP contribution in [-0.4, -0.2) is 33.4 Å². The summed E-state index contributed by atoms with van der Waals surface area (Å²) in [7, 11) is 0. The number of nitrogens with zero attached hydrogens (tertiary/aromatic N) is 3. The summed E-state index contributed by atoms with van der Waals surface area (Å²) >= 11 is 5.69. The van der Waals surface area contributed by atoms with Gasteiger partial charge in [-0.15, -0.1) is 12.4 Å². The van der Waals surface area contributed by atoms with E-state index in [1.807, 2.05) is 0 Å². The highest BCUT2D eigenvalue weighted by atomic mass is 35.5. The smallest absolute Gasteiger partial charge is 0.351 e. The first-order valence-corrected chi connectivity index (χ1v) is 4.26. The lowest BCUT2D eigenvalue weighted by atomic mass is 10.6. The molecule has 1 aromatic heterocycles. The van der Waals surface area contributed by atoms with Crippen LogP contribution in [0.15, 0.2) is 6.20 Å². The van der Waals surface area contributed by atoms with Crippen LogP contribution < -0.4 is 27.4 Å². The van der Waals surface area contributed by atoms with Gasteiger partial charge >= 0.3 is 6.03 Å². The van der Waals surface area contributed by atoms with Crippen molar-refractivity contribution in [1.82, 2.24) is 15.4 Å². The first kappa shape index (κ1) is 22.4. The summed E-state index contributed by atoms with van der Waals surface area (Å²) in [5.74, 6) is 10.2. The van der Waals surface area contributed by atoms with E-state index in [-0.39, 0.29) is 40.1 Å². The number of aromatic nitrogens is 2. The molecule has 10 N–H and O–H groups in total. The molecule has 0 saturated carbocycles. The Morgan fingerprint density at radius 3 is 2.47 bits per heavy atom. The van der Waals surface area contributed by atoms with Crippen LogP contribution in [0.4, 0.5) is 16.4 Å². The summed E-state index contributed by atoms with van der Waals surface area (Å²) in [6.45, 7) is 0. The van der Waals surface area contributed by atoms with Crippen molar-refractivity contribution in [2.45, 2.75) is 0 Å². The third-order valence-corrected chi connectivity index (χ3v) is 1.74. The number of rotatable bonds is 3. The van der Waals surface area contributed by atoms with Crippen molar-refractivity contribution in [2.24, 2.45) is 11.7 Å². The lowest BCUT2D eigenvalue weighted by Gasteiger charge is -2.15. The highest BCUT2D eigenvalue weighted by Gasteiger charge is 2.16. The quantitative estimate of drug-likeness (QED) is 0.209. The predicted octanol–water partition coefficient (Wildman–Crippen LogP) is -2.27.